The zero-order chi connectivity index (χ0) is 10.2. The van der Waals surface area contributed by atoms with Crippen LogP contribution in [0, 0.1) is 0 Å². The summed E-state index contributed by atoms with van der Waals surface area (Å²) in [5.74, 6) is 1.86. The Hall–Kier alpha value is -1.06. The first-order valence-corrected chi connectivity index (χ1v) is 4.72. The number of aryl methyl sites for hydroxylation is 2. The van der Waals surface area contributed by atoms with Crippen LogP contribution in [0.25, 0.3) is 0 Å². The smallest absolute Gasteiger partial charge is 0.446 e. The second-order valence-electron chi connectivity index (χ2n) is 2.65. The second kappa shape index (κ2) is 8.26. The molecule has 2 aromatic heterocycles. The fourth-order valence-electron chi connectivity index (χ4n) is 0.909. The van der Waals surface area contributed by atoms with Crippen molar-refractivity contribution in [2.75, 3.05) is 0 Å². The van der Waals surface area contributed by atoms with Crippen molar-refractivity contribution < 1.29 is 17.1 Å². The Bertz CT molecular complexity index is 281. The monoisotopic (exact) mass is 246 g/mol. The van der Waals surface area contributed by atoms with Crippen molar-refractivity contribution in [1.29, 1.82) is 0 Å². The molecule has 2 rings (SSSR count). The first-order chi connectivity index (χ1) is 6.86. The van der Waals surface area contributed by atoms with E-state index in [2.05, 4.69) is 19.9 Å². The number of hydrogen-bond donors (Lipinski definition) is 0. The van der Waals surface area contributed by atoms with E-state index >= 15 is 0 Å². The maximum Gasteiger partial charge on any atom is 2.00 e. The first kappa shape index (κ1) is 13.9. The number of rotatable bonds is 2. The molecule has 0 fully saturated rings. The third-order valence-corrected chi connectivity index (χ3v) is 1.66. The van der Waals surface area contributed by atoms with Crippen molar-refractivity contribution >= 4 is 0 Å². The van der Waals surface area contributed by atoms with Gasteiger partial charge in [0.2, 0.25) is 0 Å². The van der Waals surface area contributed by atoms with Gasteiger partial charge in [0.15, 0.2) is 0 Å². The number of imidazole rings is 2. The minimum Gasteiger partial charge on any atom is -0.446 e. The zero-order valence-electron chi connectivity index (χ0n) is 8.87. The van der Waals surface area contributed by atoms with E-state index in [1.54, 1.807) is 24.8 Å². The van der Waals surface area contributed by atoms with E-state index in [1.807, 2.05) is 13.8 Å². The Morgan fingerprint density at radius 3 is 1.47 bits per heavy atom. The number of aromatic nitrogens is 4. The van der Waals surface area contributed by atoms with Crippen LogP contribution in [0.4, 0.5) is 0 Å². The molecule has 0 aliphatic heterocycles. The summed E-state index contributed by atoms with van der Waals surface area (Å²) in [6.45, 7) is 4.07. The first-order valence-electron chi connectivity index (χ1n) is 4.72. The van der Waals surface area contributed by atoms with Gasteiger partial charge in [-0.1, -0.05) is 50.3 Å². The van der Waals surface area contributed by atoms with Gasteiger partial charge >= 0.3 is 17.1 Å². The largest absolute Gasteiger partial charge is 2.00 e. The van der Waals surface area contributed by atoms with Crippen LogP contribution in [-0.2, 0) is 29.9 Å². The molecular weight excluding hydrogens is 232 g/mol. The molecule has 0 atom stereocenters. The topological polar surface area (TPSA) is 54.0 Å². The average Bonchev–Trinajstić information content (AvgIpc) is 2.92. The molecule has 5 heteroatoms. The molecular formula is C10H14FeN4. The minimum atomic E-state index is 0. The summed E-state index contributed by atoms with van der Waals surface area (Å²) in [6, 6.07) is 0. The van der Waals surface area contributed by atoms with Gasteiger partial charge in [0, 0.05) is 0 Å². The van der Waals surface area contributed by atoms with Crippen molar-refractivity contribution in [3.8, 4) is 0 Å². The van der Waals surface area contributed by atoms with Crippen molar-refractivity contribution in [1.82, 2.24) is 19.9 Å². The molecule has 2 heterocycles. The van der Waals surface area contributed by atoms with Crippen LogP contribution in [0.2, 0.25) is 0 Å². The predicted molar refractivity (Wildman–Crippen MR) is 53.9 cm³/mol. The van der Waals surface area contributed by atoms with Gasteiger partial charge in [0.1, 0.15) is 0 Å². The van der Waals surface area contributed by atoms with Gasteiger partial charge in [-0.3, -0.25) is 0 Å². The van der Waals surface area contributed by atoms with Crippen molar-refractivity contribution in [2.24, 2.45) is 0 Å². The van der Waals surface area contributed by atoms with E-state index < -0.39 is 0 Å². The van der Waals surface area contributed by atoms with Gasteiger partial charge in [-0.05, 0) is 12.8 Å². The molecule has 15 heavy (non-hydrogen) atoms. The molecule has 0 saturated heterocycles. The Morgan fingerprint density at radius 2 is 1.33 bits per heavy atom. The molecule has 0 spiro atoms. The average molecular weight is 246 g/mol. The van der Waals surface area contributed by atoms with E-state index in [1.165, 1.54) is 0 Å². The molecule has 2 aromatic rings. The summed E-state index contributed by atoms with van der Waals surface area (Å²) < 4.78 is 0. The standard InChI is InChI=1S/2C5H7N2.Fe/c2*1-2-5-6-3-4-7-5;/h2*3-4H,2H2,1H3;/q2*-1;+2. The van der Waals surface area contributed by atoms with Gasteiger partial charge in [0.05, 0.1) is 0 Å². The summed E-state index contributed by atoms with van der Waals surface area (Å²) in [7, 11) is 0. The molecule has 0 N–H and O–H groups in total. The second-order valence-corrected chi connectivity index (χ2v) is 2.65. The fraction of sp³-hybridized carbons (Fsp3) is 0.400. The van der Waals surface area contributed by atoms with E-state index in [4.69, 9.17) is 0 Å². The fourth-order valence-corrected chi connectivity index (χ4v) is 0.909. The summed E-state index contributed by atoms with van der Waals surface area (Å²) in [6.07, 6.45) is 8.70. The molecule has 0 aliphatic rings. The SMILES string of the molecule is CCc1ncc[n-]1.CCc1ncc[n-]1.[Fe+2]. The summed E-state index contributed by atoms with van der Waals surface area (Å²) in [5, 5.41) is 0. The molecule has 0 saturated carbocycles. The maximum absolute atomic E-state index is 3.92. The van der Waals surface area contributed by atoms with Crippen LogP contribution >= 0.6 is 0 Å². The van der Waals surface area contributed by atoms with Crippen LogP contribution in [0.1, 0.15) is 25.5 Å². The minimum absolute atomic E-state index is 0. The van der Waals surface area contributed by atoms with Crippen LogP contribution in [0.5, 0.6) is 0 Å². The molecule has 0 aromatic carbocycles. The van der Waals surface area contributed by atoms with Gasteiger partial charge < -0.3 is 19.9 Å². The molecule has 4 nitrogen and oxygen atoms in total. The normalized spacial score (nSPS) is 8.67. The Kier molecular flexibility index (Phi) is 7.68. The van der Waals surface area contributed by atoms with Gasteiger partial charge in [0.25, 0.3) is 0 Å². The van der Waals surface area contributed by atoms with Crippen molar-refractivity contribution in [3.05, 3.63) is 36.4 Å². The molecule has 0 aliphatic carbocycles. The van der Waals surface area contributed by atoms with Crippen molar-refractivity contribution in [2.45, 2.75) is 26.7 Å². The maximum atomic E-state index is 3.92. The number of hydrogen-bond acceptors (Lipinski definition) is 2. The third kappa shape index (κ3) is 5.40. The summed E-state index contributed by atoms with van der Waals surface area (Å²) in [5.41, 5.74) is 0. The molecule has 0 bridgehead atoms. The Labute approximate surface area is 100 Å². The molecule has 0 radical (unpaired) electrons. The zero-order valence-corrected chi connectivity index (χ0v) is 9.97. The van der Waals surface area contributed by atoms with Crippen molar-refractivity contribution in [3.63, 3.8) is 0 Å². The van der Waals surface area contributed by atoms with Crippen LogP contribution in [0.3, 0.4) is 0 Å². The third-order valence-electron chi connectivity index (χ3n) is 1.66. The van der Waals surface area contributed by atoms with Crippen LogP contribution in [0.15, 0.2) is 24.8 Å². The summed E-state index contributed by atoms with van der Waals surface area (Å²) >= 11 is 0. The molecule has 0 amide bonds. The molecule has 82 valence electrons. The van der Waals surface area contributed by atoms with E-state index in [0.29, 0.717) is 0 Å². The van der Waals surface area contributed by atoms with E-state index in [0.717, 1.165) is 24.5 Å². The summed E-state index contributed by atoms with van der Waals surface area (Å²) in [4.78, 5) is 15.7. The Morgan fingerprint density at radius 1 is 0.933 bits per heavy atom. The van der Waals surface area contributed by atoms with E-state index in [-0.39, 0.29) is 17.1 Å². The van der Waals surface area contributed by atoms with Crippen LogP contribution in [-0.4, -0.2) is 9.97 Å². The van der Waals surface area contributed by atoms with Crippen LogP contribution < -0.4 is 9.97 Å². The van der Waals surface area contributed by atoms with Gasteiger partial charge in [-0.15, -0.1) is 0 Å². The van der Waals surface area contributed by atoms with Gasteiger partial charge in [-0.2, -0.15) is 0 Å². The number of nitrogens with zero attached hydrogens (tertiary/aromatic N) is 4. The van der Waals surface area contributed by atoms with E-state index in [9.17, 15) is 0 Å². The molecule has 0 unspecified atom stereocenters. The quantitative estimate of drug-likeness (QED) is 0.747. The predicted octanol–water partition coefficient (Wildman–Crippen LogP) is 1.20. The van der Waals surface area contributed by atoms with Gasteiger partial charge in [-0.25, -0.2) is 0 Å². The Balaban J connectivity index is 0.000000245.